The number of esters is 1. The smallest absolute Gasteiger partial charge is 0.312 e. The number of aryl methyl sites for hydroxylation is 1. The average Bonchev–Trinajstić information content (AvgIpc) is 3.43. The van der Waals surface area contributed by atoms with Gasteiger partial charge in [-0.15, -0.1) is 0 Å². The maximum Gasteiger partial charge on any atom is 0.312 e. The first-order valence-corrected chi connectivity index (χ1v) is 12.1. The van der Waals surface area contributed by atoms with Gasteiger partial charge in [-0.25, -0.2) is 0 Å². The van der Waals surface area contributed by atoms with Gasteiger partial charge in [0.2, 0.25) is 5.78 Å². The van der Waals surface area contributed by atoms with Crippen LogP contribution in [-0.4, -0.2) is 37.6 Å². The van der Waals surface area contributed by atoms with E-state index in [0.717, 1.165) is 16.5 Å². The molecule has 2 aliphatic rings. The number of carbonyl (C=O) groups excluding carboxylic acids is 2. The molecule has 38 heavy (non-hydrogen) atoms. The number of hydrogen-bond acceptors (Lipinski definition) is 7. The van der Waals surface area contributed by atoms with Gasteiger partial charge >= 0.3 is 5.97 Å². The van der Waals surface area contributed by atoms with E-state index >= 15 is 0 Å². The summed E-state index contributed by atoms with van der Waals surface area (Å²) in [4.78, 5) is 26.1. The van der Waals surface area contributed by atoms with Gasteiger partial charge in [0.25, 0.3) is 0 Å². The molecule has 192 valence electrons. The number of aromatic nitrogens is 1. The van der Waals surface area contributed by atoms with Crippen LogP contribution in [0.2, 0.25) is 0 Å². The first kappa shape index (κ1) is 23.7. The summed E-state index contributed by atoms with van der Waals surface area (Å²) >= 11 is 0. The molecule has 3 heterocycles. The number of nitrogens with zero attached hydrogens (tertiary/aromatic N) is 1. The van der Waals surface area contributed by atoms with E-state index in [1.165, 1.54) is 0 Å². The quantitative estimate of drug-likeness (QED) is 0.205. The van der Waals surface area contributed by atoms with Crippen LogP contribution in [0.15, 0.2) is 60.5 Å². The number of methoxy groups -OCH3 is 3. The number of rotatable bonds is 5. The molecular formula is C30H25NO7. The molecule has 1 aromatic heterocycles. The third-order valence-corrected chi connectivity index (χ3v) is 7.11. The molecule has 0 fully saturated rings. The zero-order valence-corrected chi connectivity index (χ0v) is 21.4. The molecule has 0 saturated heterocycles. The summed E-state index contributed by atoms with van der Waals surface area (Å²) in [6.45, 7) is 0. The van der Waals surface area contributed by atoms with Gasteiger partial charge in [0, 0.05) is 52.8 Å². The Kier molecular flexibility index (Phi) is 5.60. The Labute approximate surface area is 218 Å². The fraction of sp³-hybridized carbons (Fsp3) is 0.200. The first-order chi connectivity index (χ1) is 18.4. The van der Waals surface area contributed by atoms with Gasteiger partial charge in [0.15, 0.2) is 17.3 Å². The SMILES string of the molecule is COc1cc(OC)c([C@H]2CC(=O)Oc3ccc4c(c32)O/C(=C\c2cn(C)c3ccccc23)C4=O)cc1OC. The van der Waals surface area contributed by atoms with Gasteiger partial charge in [-0.05, 0) is 30.3 Å². The minimum Gasteiger partial charge on any atom is -0.496 e. The zero-order valence-electron chi connectivity index (χ0n) is 21.4. The summed E-state index contributed by atoms with van der Waals surface area (Å²) in [5.41, 5.74) is 3.64. The highest BCUT2D eigenvalue weighted by Gasteiger charge is 2.40. The standard InChI is InChI=1S/C30H25NO7/c1-31-15-16(17-7-5-6-8-21(17)31)11-26-29(33)18-9-10-22-28(30(18)38-26)20(13-27(32)37-22)19-12-24(35-3)25(36-4)14-23(19)34-2/h5-12,14-15,20H,13H2,1-4H3/b26-11-/t20-/m1/s1. The van der Waals surface area contributed by atoms with Crippen molar-refractivity contribution in [2.75, 3.05) is 21.3 Å². The van der Waals surface area contributed by atoms with Crippen LogP contribution in [0.4, 0.5) is 0 Å². The maximum absolute atomic E-state index is 13.5. The topological polar surface area (TPSA) is 85.2 Å². The van der Waals surface area contributed by atoms with Crippen LogP contribution < -0.4 is 23.7 Å². The lowest BCUT2D eigenvalue weighted by atomic mass is 9.84. The molecule has 0 unspecified atom stereocenters. The number of carbonyl (C=O) groups is 2. The van der Waals surface area contributed by atoms with Gasteiger partial charge in [0.1, 0.15) is 17.2 Å². The maximum atomic E-state index is 13.5. The molecule has 0 aliphatic carbocycles. The van der Waals surface area contributed by atoms with E-state index in [9.17, 15) is 9.59 Å². The predicted octanol–water partition coefficient (Wildman–Crippen LogP) is 5.26. The first-order valence-electron chi connectivity index (χ1n) is 12.1. The molecule has 8 nitrogen and oxygen atoms in total. The molecule has 0 N–H and O–H groups in total. The van der Waals surface area contributed by atoms with Crippen LogP contribution in [-0.2, 0) is 11.8 Å². The number of hydrogen-bond donors (Lipinski definition) is 0. The second-order valence-electron chi connectivity index (χ2n) is 9.19. The Balaban J connectivity index is 1.49. The second kappa shape index (κ2) is 8.99. The zero-order chi connectivity index (χ0) is 26.6. The van der Waals surface area contributed by atoms with Crippen molar-refractivity contribution >= 4 is 28.7 Å². The number of benzene rings is 3. The van der Waals surface area contributed by atoms with Gasteiger partial charge < -0.3 is 28.3 Å². The van der Waals surface area contributed by atoms with Crippen LogP contribution in [0.5, 0.6) is 28.7 Å². The summed E-state index contributed by atoms with van der Waals surface area (Å²) in [6.07, 6.45) is 3.76. The largest absolute Gasteiger partial charge is 0.496 e. The molecule has 0 radical (unpaired) electrons. The van der Waals surface area contributed by atoms with Gasteiger partial charge in [0.05, 0.1) is 33.3 Å². The van der Waals surface area contributed by atoms with E-state index in [1.807, 2.05) is 42.1 Å². The summed E-state index contributed by atoms with van der Waals surface area (Å²) in [6, 6.07) is 14.8. The van der Waals surface area contributed by atoms with Crippen molar-refractivity contribution in [2.45, 2.75) is 12.3 Å². The second-order valence-corrected chi connectivity index (χ2v) is 9.19. The number of Topliss-reactive ketones (excluding diaryl/α,β-unsaturated/α-hetero) is 1. The molecule has 1 atom stereocenters. The molecule has 6 rings (SSSR count). The molecule has 0 bridgehead atoms. The average molecular weight is 512 g/mol. The molecule has 2 aliphatic heterocycles. The summed E-state index contributed by atoms with van der Waals surface area (Å²) in [7, 11) is 6.59. The van der Waals surface area contributed by atoms with E-state index in [0.29, 0.717) is 45.4 Å². The Morgan fingerprint density at radius 1 is 0.921 bits per heavy atom. The van der Waals surface area contributed by atoms with E-state index in [2.05, 4.69) is 0 Å². The van der Waals surface area contributed by atoms with Crippen molar-refractivity contribution in [3.63, 3.8) is 0 Å². The lowest BCUT2D eigenvalue weighted by Crippen LogP contribution is -2.22. The van der Waals surface area contributed by atoms with Crippen molar-refractivity contribution in [1.29, 1.82) is 0 Å². The highest BCUT2D eigenvalue weighted by Crippen LogP contribution is 2.52. The molecule has 3 aromatic carbocycles. The monoisotopic (exact) mass is 511 g/mol. The van der Waals surface area contributed by atoms with Crippen molar-refractivity contribution in [1.82, 2.24) is 4.57 Å². The Bertz CT molecular complexity index is 1660. The van der Waals surface area contributed by atoms with Crippen molar-refractivity contribution in [3.05, 3.63) is 82.7 Å². The number of ether oxygens (including phenoxy) is 5. The van der Waals surface area contributed by atoms with Crippen LogP contribution in [0.25, 0.3) is 17.0 Å². The summed E-state index contributed by atoms with van der Waals surface area (Å²) in [5.74, 6) is 1.32. The van der Waals surface area contributed by atoms with Crippen molar-refractivity contribution < 1.29 is 33.3 Å². The van der Waals surface area contributed by atoms with Gasteiger partial charge in [-0.3, -0.25) is 9.59 Å². The highest BCUT2D eigenvalue weighted by atomic mass is 16.5. The summed E-state index contributed by atoms with van der Waals surface area (Å²) in [5, 5.41) is 1.01. The number of allylic oxidation sites excluding steroid dienone is 1. The molecular weight excluding hydrogens is 486 g/mol. The minimum atomic E-state index is -0.499. The van der Waals surface area contributed by atoms with Crippen LogP contribution in [0.3, 0.4) is 0 Å². The van der Waals surface area contributed by atoms with E-state index < -0.39 is 11.9 Å². The number of ketones is 1. The highest BCUT2D eigenvalue weighted by molar-refractivity contribution is 6.15. The van der Waals surface area contributed by atoms with Gasteiger partial charge in [-0.1, -0.05) is 18.2 Å². The molecule has 4 aromatic rings. The summed E-state index contributed by atoms with van der Waals surface area (Å²) < 4.78 is 30.5. The third-order valence-electron chi connectivity index (χ3n) is 7.11. The third kappa shape index (κ3) is 3.60. The lowest BCUT2D eigenvalue weighted by Gasteiger charge is -2.28. The molecule has 0 spiro atoms. The van der Waals surface area contributed by atoms with Gasteiger partial charge in [-0.2, -0.15) is 0 Å². The van der Waals surface area contributed by atoms with Crippen molar-refractivity contribution in [3.8, 4) is 28.7 Å². The van der Waals surface area contributed by atoms with Crippen LogP contribution >= 0.6 is 0 Å². The Hall–Kier alpha value is -4.72. The molecule has 8 heteroatoms. The fourth-order valence-electron chi connectivity index (χ4n) is 5.33. The number of fused-ring (bicyclic) bond motifs is 4. The Morgan fingerprint density at radius 2 is 1.66 bits per heavy atom. The Morgan fingerprint density at radius 3 is 2.42 bits per heavy atom. The van der Waals surface area contributed by atoms with Crippen molar-refractivity contribution in [2.24, 2.45) is 7.05 Å². The number of para-hydroxylation sites is 1. The normalized spacial score (nSPS) is 17.2. The fourth-order valence-corrected chi connectivity index (χ4v) is 5.33. The van der Waals surface area contributed by atoms with Crippen LogP contribution in [0.1, 0.15) is 39.4 Å². The predicted molar refractivity (Wildman–Crippen MR) is 140 cm³/mol. The lowest BCUT2D eigenvalue weighted by molar-refractivity contribution is -0.135. The van der Waals surface area contributed by atoms with Crippen LogP contribution in [0, 0.1) is 0 Å². The van der Waals surface area contributed by atoms with E-state index in [1.54, 1.807) is 51.7 Å². The molecule has 0 saturated carbocycles. The van der Waals surface area contributed by atoms with E-state index in [-0.39, 0.29) is 18.0 Å². The molecule has 0 amide bonds. The van der Waals surface area contributed by atoms with E-state index in [4.69, 9.17) is 23.7 Å². The minimum absolute atomic E-state index is 0.0369.